The third-order valence-corrected chi connectivity index (χ3v) is 4.91. The first kappa shape index (κ1) is 22.5. The maximum atomic E-state index is 12.8. The van der Waals surface area contributed by atoms with Crippen molar-refractivity contribution in [3.05, 3.63) is 87.7 Å². The molecular formula is C23H24N4O5. The molecule has 3 aromatic rings. The van der Waals surface area contributed by atoms with Gasteiger partial charge in [0.2, 0.25) is 0 Å². The number of hydrogen-bond donors (Lipinski definition) is 2. The standard InChI is InChI=1S/C23H24N4O5/c1-15(26-23(28)19-13-18(27(29)30)5-6-20(19)24-2)17-4-7-21(22(12-17)31-3)32-14-16-8-10-25-11-9-16/h4-13,15,24H,14H2,1-3H3,(H,26,28). The lowest BCUT2D eigenvalue weighted by atomic mass is 10.1. The van der Waals surface area contributed by atoms with Crippen LogP contribution in [0, 0.1) is 10.1 Å². The monoisotopic (exact) mass is 436 g/mol. The third-order valence-electron chi connectivity index (χ3n) is 4.91. The van der Waals surface area contributed by atoms with Crippen LogP contribution in [0.2, 0.25) is 0 Å². The Balaban J connectivity index is 1.75. The molecule has 1 heterocycles. The van der Waals surface area contributed by atoms with Gasteiger partial charge in [0.05, 0.1) is 23.6 Å². The van der Waals surface area contributed by atoms with Crippen LogP contribution in [0.4, 0.5) is 11.4 Å². The molecule has 0 aliphatic carbocycles. The largest absolute Gasteiger partial charge is 0.493 e. The quantitative estimate of drug-likeness (QED) is 0.383. The highest BCUT2D eigenvalue weighted by Gasteiger charge is 2.19. The number of hydrogen-bond acceptors (Lipinski definition) is 7. The predicted octanol–water partition coefficient (Wildman–Crippen LogP) is 4.11. The molecule has 1 atom stereocenters. The maximum Gasteiger partial charge on any atom is 0.270 e. The molecule has 166 valence electrons. The number of anilines is 1. The third kappa shape index (κ3) is 5.31. The van der Waals surface area contributed by atoms with Crippen LogP contribution >= 0.6 is 0 Å². The van der Waals surface area contributed by atoms with Crippen molar-refractivity contribution in [2.24, 2.45) is 0 Å². The molecule has 0 bridgehead atoms. The Bertz CT molecular complexity index is 1100. The molecule has 0 spiro atoms. The average Bonchev–Trinajstić information content (AvgIpc) is 2.82. The minimum absolute atomic E-state index is 0.154. The molecule has 2 N–H and O–H groups in total. The van der Waals surface area contributed by atoms with Crippen molar-refractivity contribution in [2.45, 2.75) is 19.6 Å². The van der Waals surface area contributed by atoms with E-state index in [2.05, 4.69) is 15.6 Å². The molecule has 32 heavy (non-hydrogen) atoms. The number of nitrogens with zero attached hydrogens (tertiary/aromatic N) is 2. The highest BCUT2D eigenvalue weighted by atomic mass is 16.6. The lowest BCUT2D eigenvalue weighted by Gasteiger charge is -2.18. The summed E-state index contributed by atoms with van der Waals surface area (Å²) in [5, 5.41) is 16.9. The number of carbonyl (C=O) groups is 1. The molecule has 0 saturated heterocycles. The van der Waals surface area contributed by atoms with Crippen molar-refractivity contribution >= 4 is 17.3 Å². The molecule has 0 aliphatic heterocycles. The number of nitro groups is 1. The van der Waals surface area contributed by atoms with E-state index in [-0.39, 0.29) is 17.3 Å². The number of aromatic nitrogens is 1. The van der Waals surface area contributed by atoms with E-state index in [0.29, 0.717) is 23.8 Å². The van der Waals surface area contributed by atoms with Gasteiger partial charge in [0.25, 0.3) is 11.6 Å². The fraction of sp³-hybridized carbons (Fsp3) is 0.217. The number of nitro benzene ring substituents is 1. The van der Waals surface area contributed by atoms with Gasteiger partial charge in [-0.1, -0.05) is 6.07 Å². The normalized spacial score (nSPS) is 11.3. The van der Waals surface area contributed by atoms with Gasteiger partial charge in [-0.3, -0.25) is 19.9 Å². The molecule has 1 unspecified atom stereocenters. The topological polar surface area (TPSA) is 116 Å². The number of non-ortho nitro benzene ring substituents is 1. The van der Waals surface area contributed by atoms with Crippen LogP contribution in [-0.2, 0) is 6.61 Å². The zero-order chi connectivity index (χ0) is 23.1. The van der Waals surface area contributed by atoms with E-state index in [1.165, 1.54) is 18.2 Å². The lowest BCUT2D eigenvalue weighted by molar-refractivity contribution is -0.384. The fourth-order valence-electron chi connectivity index (χ4n) is 3.12. The molecular weight excluding hydrogens is 412 g/mol. The van der Waals surface area contributed by atoms with Gasteiger partial charge >= 0.3 is 0 Å². The van der Waals surface area contributed by atoms with Gasteiger partial charge in [-0.2, -0.15) is 0 Å². The average molecular weight is 436 g/mol. The molecule has 2 aromatic carbocycles. The fourth-order valence-corrected chi connectivity index (χ4v) is 3.12. The van der Waals surface area contributed by atoms with Gasteiger partial charge in [-0.15, -0.1) is 0 Å². The molecule has 3 rings (SSSR count). The van der Waals surface area contributed by atoms with E-state index in [4.69, 9.17) is 9.47 Å². The summed E-state index contributed by atoms with van der Waals surface area (Å²) < 4.78 is 11.3. The minimum Gasteiger partial charge on any atom is -0.493 e. The van der Waals surface area contributed by atoms with Gasteiger partial charge in [-0.25, -0.2) is 0 Å². The van der Waals surface area contributed by atoms with Crippen LogP contribution in [0.3, 0.4) is 0 Å². The second kappa shape index (κ2) is 10.3. The van der Waals surface area contributed by atoms with Crippen LogP contribution < -0.4 is 20.1 Å². The molecule has 9 heteroatoms. The Labute approximate surface area is 185 Å². The maximum absolute atomic E-state index is 12.8. The molecule has 1 aromatic heterocycles. The Morgan fingerprint density at radius 1 is 1.12 bits per heavy atom. The van der Waals surface area contributed by atoms with Gasteiger partial charge in [0.1, 0.15) is 6.61 Å². The summed E-state index contributed by atoms with van der Waals surface area (Å²) in [6, 6.07) is 12.9. The van der Waals surface area contributed by atoms with Gasteiger partial charge in [0, 0.05) is 37.3 Å². The van der Waals surface area contributed by atoms with Crippen LogP contribution in [0.1, 0.15) is 34.5 Å². The Morgan fingerprint density at radius 2 is 1.88 bits per heavy atom. The number of methoxy groups -OCH3 is 1. The molecule has 0 fully saturated rings. The van der Waals surface area contributed by atoms with E-state index in [1.54, 1.807) is 38.7 Å². The van der Waals surface area contributed by atoms with Crippen molar-refractivity contribution in [3.8, 4) is 11.5 Å². The summed E-state index contributed by atoms with van der Waals surface area (Å²) in [5.41, 5.74) is 2.31. The summed E-state index contributed by atoms with van der Waals surface area (Å²) in [4.78, 5) is 27.4. The zero-order valence-electron chi connectivity index (χ0n) is 18.0. The summed E-state index contributed by atoms with van der Waals surface area (Å²) in [7, 11) is 3.20. The molecule has 1 amide bonds. The number of rotatable bonds is 9. The second-order valence-corrected chi connectivity index (χ2v) is 6.99. The van der Waals surface area contributed by atoms with Crippen molar-refractivity contribution in [2.75, 3.05) is 19.5 Å². The van der Waals surface area contributed by atoms with E-state index < -0.39 is 10.8 Å². The Kier molecular flexibility index (Phi) is 7.22. The van der Waals surface area contributed by atoms with E-state index in [0.717, 1.165) is 11.1 Å². The van der Waals surface area contributed by atoms with Crippen LogP contribution in [0.5, 0.6) is 11.5 Å². The van der Waals surface area contributed by atoms with Gasteiger partial charge in [0.15, 0.2) is 11.5 Å². The SMILES string of the molecule is CNc1ccc([N+](=O)[O-])cc1C(=O)NC(C)c1ccc(OCc2ccncc2)c(OC)c1. The number of nitrogens with one attached hydrogen (secondary N) is 2. The van der Waals surface area contributed by atoms with Crippen LogP contribution in [0.25, 0.3) is 0 Å². The number of ether oxygens (including phenoxy) is 2. The number of carbonyl (C=O) groups excluding carboxylic acids is 1. The highest BCUT2D eigenvalue weighted by Crippen LogP contribution is 2.31. The van der Waals surface area contributed by atoms with Crippen LogP contribution in [0.15, 0.2) is 60.9 Å². The number of benzene rings is 2. The van der Waals surface area contributed by atoms with Crippen molar-refractivity contribution in [3.63, 3.8) is 0 Å². The molecule has 0 radical (unpaired) electrons. The van der Waals surface area contributed by atoms with Crippen molar-refractivity contribution in [1.29, 1.82) is 0 Å². The first-order valence-corrected chi connectivity index (χ1v) is 9.89. The zero-order valence-corrected chi connectivity index (χ0v) is 18.0. The smallest absolute Gasteiger partial charge is 0.270 e. The molecule has 0 saturated carbocycles. The number of amides is 1. The van der Waals surface area contributed by atoms with E-state index in [1.807, 2.05) is 25.1 Å². The summed E-state index contributed by atoms with van der Waals surface area (Å²) in [6.45, 7) is 2.19. The summed E-state index contributed by atoms with van der Waals surface area (Å²) in [5.74, 6) is 0.675. The summed E-state index contributed by atoms with van der Waals surface area (Å²) >= 11 is 0. The van der Waals surface area contributed by atoms with Gasteiger partial charge < -0.3 is 20.1 Å². The van der Waals surface area contributed by atoms with Crippen molar-refractivity contribution < 1.29 is 19.2 Å². The van der Waals surface area contributed by atoms with E-state index >= 15 is 0 Å². The first-order chi connectivity index (χ1) is 15.4. The Hall–Kier alpha value is -4.14. The second-order valence-electron chi connectivity index (χ2n) is 6.99. The predicted molar refractivity (Wildman–Crippen MR) is 120 cm³/mol. The Morgan fingerprint density at radius 3 is 2.53 bits per heavy atom. The molecule has 0 aliphatic rings. The van der Waals surface area contributed by atoms with E-state index in [9.17, 15) is 14.9 Å². The first-order valence-electron chi connectivity index (χ1n) is 9.89. The highest BCUT2D eigenvalue weighted by molar-refractivity contribution is 6.00. The lowest BCUT2D eigenvalue weighted by Crippen LogP contribution is -2.27. The minimum atomic E-state index is -0.533. The summed E-state index contributed by atoms with van der Waals surface area (Å²) in [6.07, 6.45) is 3.40. The molecule has 9 nitrogen and oxygen atoms in total. The number of pyridine rings is 1. The van der Waals surface area contributed by atoms with Crippen molar-refractivity contribution in [1.82, 2.24) is 10.3 Å². The van der Waals surface area contributed by atoms with Crippen LogP contribution in [-0.4, -0.2) is 30.0 Å². The van der Waals surface area contributed by atoms with Gasteiger partial charge in [-0.05, 0) is 48.4 Å².